The van der Waals surface area contributed by atoms with Crippen LogP contribution in [0.25, 0.3) is 0 Å². The van der Waals surface area contributed by atoms with Gasteiger partial charge >= 0.3 is 35.5 Å². The summed E-state index contributed by atoms with van der Waals surface area (Å²) in [4.78, 5) is 53.2. The van der Waals surface area contributed by atoms with Crippen molar-refractivity contribution in [2.24, 2.45) is 5.73 Å². The molecule has 5 rings (SSSR count). The number of rotatable bonds is 9. The Bertz CT molecular complexity index is 1670. The number of anilines is 1. The van der Waals surface area contributed by atoms with Crippen LogP contribution in [-0.2, 0) is 39.9 Å². The summed E-state index contributed by atoms with van der Waals surface area (Å²) < 4.78 is 10.5. The van der Waals surface area contributed by atoms with Gasteiger partial charge in [0, 0.05) is 47.4 Å². The van der Waals surface area contributed by atoms with Gasteiger partial charge in [-0.15, -0.1) is 0 Å². The maximum absolute atomic E-state index is 12.5. The molecule has 281 valence electrons. The number of esters is 1. The van der Waals surface area contributed by atoms with E-state index in [2.05, 4.69) is 49.9 Å². The number of aliphatic carboxylic acids is 1. The average molecular weight is 875 g/mol. The van der Waals surface area contributed by atoms with Crippen LogP contribution in [0, 0.1) is 0 Å². The molecule has 0 spiro atoms. The Balaban J connectivity index is 0.000000733. The van der Waals surface area contributed by atoms with Crippen molar-refractivity contribution < 1.29 is 68.0 Å². The van der Waals surface area contributed by atoms with Crippen molar-refractivity contribution >= 4 is 75.6 Å². The third-order valence-corrected chi connectivity index (χ3v) is 8.30. The molecule has 1 fully saturated rings. The second-order valence-corrected chi connectivity index (χ2v) is 13.1. The second kappa shape index (κ2) is 29.7. The normalized spacial score (nSPS) is 14.1. The average Bonchev–Trinajstić information content (AvgIpc) is 3.51. The largest absolute Gasteiger partial charge is 1.00 e. The third kappa shape index (κ3) is 21.3. The fraction of sp³-hybridized carbons (Fsp3) is 0.275. The van der Waals surface area contributed by atoms with Crippen LogP contribution in [0.2, 0.25) is 0 Å². The first-order chi connectivity index (χ1) is 25.4. The molecule has 0 saturated heterocycles. The third-order valence-electron chi connectivity index (χ3n) is 7.24. The molecule has 1 aliphatic carbocycles. The van der Waals surface area contributed by atoms with Gasteiger partial charge in [0.05, 0.1) is 18.6 Å². The van der Waals surface area contributed by atoms with E-state index in [1.807, 2.05) is 109 Å². The molecule has 1 aliphatic rings. The summed E-state index contributed by atoms with van der Waals surface area (Å²) in [5, 5.41) is 10.8. The van der Waals surface area contributed by atoms with Crippen molar-refractivity contribution in [3.05, 3.63) is 135 Å². The van der Waals surface area contributed by atoms with Gasteiger partial charge in [0.25, 0.3) is 5.97 Å². The van der Waals surface area contributed by atoms with Crippen molar-refractivity contribution in [2.45, 2.75) is 64.5 Å². The van der Waals surface area contributed by atoms with Gasteiger partial charge in [-0.1, -0.05) is 105 Å². The molecule has 0 amide bonds. The Morgan fingerprint density at radius 2 is 1.37 bits per heavy atom. The number of carbonyl (C=O) groups excluding carboxylic acids is 4. The van der Waals surface area contributed by atoms with Crippen molar-refractivity contribution in [1.82, 2.24) is 0 Å². The number of aldehydes is 1. The van der Waals surface area contributed by atoms with Crippen LogP contribution in [0.3, 0.4) is 0 Å². The number of nitrogens with two attached hydrogens (primary N) is 1. The van der Waals surface area contributed by atoms with E-state index in [1.165, 1.54) is 12.5 Å². The van der Waals surface area contributed by atoms with Gasteiger partial charge in [0.1, 0.15) is 6.29 Å². The van der Waals surface area contributed by atoms with E-state index < -0.39 is 17.9 Å². The molecule has 3 atom stereocenters. The number of carboxylic acid groups (broad SMARTS) is 1. The Hall–Kier alpha value is -3.59. The number of carbonyl (C=O) groups is 5. The molecule has 4 aromatic carbocycles. The number of hydrogen-bond donors (Lipinski definition) is 3. The monoisotopic (exact) mass is 873 g/mol. The van der Waals surface area contributed by atoms with Gasteiger partial charge in [-0.2, -0.15) is 0 Å². The first-order valence-electron chi connectivity index (χ1n) is 16.6. The molecule has 0 aromatic heterocycles. The van der Waals surface area contributed by atoms with Crippen molar-refractivity contribution in [2.75, 3.05) is 11.9 Å². The summed E-state index contributed by atoms with van der Waals surface area (Å²) in [6, 6.07) is 35.3. The molecule has 0 heterocycles. The number of halogens is 2. The quantitative estimate of drug-likeness (QED) is 0.120. The summed E-state index contributed by atoms with van der Waals surface area (Å²) in [7, 11) is 4.32. The maximum atomic E-state index is 12.5. The van der Waals surface area contributed by atoms with Crippen molar-refractivity contribution in [3.8, 4) is 0 Å². The van der Waals surface area contributed by atoms with E-state index >= 15 is 0 Å². The maximum Gasteiger partial charge on any atom is 1.00 e. The molecule has 10 nitrogen and oxygen atoms in total. The molecular formula is C40H45BBr2N2NaO8. The molecule has 3 unspecified atom stereocenters. The van der Waals surface area contributed by atoms with Crippen LogP contribution >= 0.6 is 31.9 Å². The van der Waals surface area contributed by atoms with Gasteiger partial charge in [-0.05, 0) is 72.9 Å². The van der Waals surface area contributed by atoms with Gasteiger partial charge in [-0.25, -0.2) is 0 Å². The van der Waals surface area contributed by atoms with E-state index in [-0.39, 0.29) is 53.9 Å². The van der Waals surface area contributed by atoms with Gasteiger partial charge in [0.15, 0.2) is 5.78 Å². The predicted molar refractivity (Wildman–Crippen MR) is 214 cm³/mol. The molecule has 3 radical (unpaired) electrons. The number of carboxylic acids is 1. The number of nitrogens with one attached hydrogen (secondary N) is 1. The van der Waals surface area contributed by atoms with E-state index in [1.54, 1.807) is 6.92 Å². The molecule has 0 bridgehead atoms. The molecule has 0 aliphatic heterocycles. The Morgan fingerprint density at radius 1 is 0.889 bits per heavy atom. The second-order valence-electron chi connectivity index (χ2n) is 11.2. The zero-order valence-corrected chi connectivity index (χ0v) is 36.1. The van der Waals surface area contributed by atoms with Crippen LogP contribution < -0.4 is 40.6 Å². The zero-order chi connectivity index (χ0) is 39.6. The molecular weight excluding hydrogens is 830 g/mol. The summed E-state index contributed by atoms with van der Waals surface area (Å²) in [6.07, 6.45) is 2.71. The van der Waals surface area contributed by atoms with Gasteiger partial charge in [0.2, 0.25) is 5.97 Å². The predicted octanol–water partition coefficient (Wildman–Crippen LogP) is 4.93. The van der Waals surface area contributed by atoms with Crippen LogP contribution in [-0.4, -0.2) is 55.8 Å². The van der Waals surface area contributed by atoms with E-state index in [0.29, 0.717) is 18.9 Å². The zero-order valence-electron chi connectivity index (χ0n) is 31.0. The topological polar surface area (TPSA) is 162 Å². The number of ether oxygens (including phenoxy) is 1. The minimum absolute atomic E-state index is 0. The van der Waals surface area contributed by atoms with Crippen molar-refractivity contribution in [1.29, 1.82) is 0 Å². The number of hydrogen-bond acceptors (Lipinski definition) is 9. The molecule has 4 aromatic rings. The number of para-hydroxylation sites is 1. The number of ketones is 1. The Kier molecular flexibility index (Phi) is 27.8. The van der Waals surface area contributed by atoms with Crippen LogP contribution in [0.4, 0.5) is 5.69 Å². The van der Waals surface area contributed by atoms with E-state index in [4.69, 9.17) is 20.4 Å². The summed E-state index contributed by atoms with van der Waals surface area (Å²) in [5.41, 5.74) is 9.47. The van der Waals surface area contributed by atoms with E-state index in [0.717, 1.165) is 51.8 Å². The minimum atomic E-state index is -0.833. The fourth-order valence-electron chi connectivity index (χ4n) is 4.78. The fourth-order valence-corrected chi connectivity index (χ4v) is 5.31. The van der Waals surface area contributed by atoms with Crippen LogP contribution in [0.15, 0.2) is 118 Å². The number of Topliss-reactive ketones (excluding diaryl/α,β-unsaturated/α-hetero) is 1. The smallest absolute Gasteiger partial charge is 0.793 e. The van der Waals surface area contributed by atoms with Crippen LogP contribution in [0.1, 0.15) is 68.6 Å². The van der Waals surface area contributed by atoms with Crippen LogP contribution in [0.5, 0.6) is 0 Å². The Morgan fingerprint density at radius 3 is 1.80 bits per heavy atom. The summed E-state index contributed by atoms with van der Waals surface area (Å²) in [5.74, 6) is -1.81. The standard InChI is InChI=1S/C17H16BrNO.C12H13BrO3.C7H9N.C2H3BO2.C2H4O2.Na/c18-13-8-6-12(7-9-13)15-10-11-16(17(15)20)19-14-4-2-1-3-5-14;1-2-16-12(15)11(7-8-14)9-3-5-10(13)6-4-9;8-6-7-4-2-1-3-5-7;1-2(4)5-3;1-2(3)4;/h1-9,15-16,19H,10-11H2;3-6,8,11H,2,7H2,1H3;1-5H,6,8H2;1H3;1H3,(H,3,4);/q;;;-1;;+1. The first-order valence-corrected chi connectivity index (χ1v) is 18.2. The molecule has 4 N–H and O–H groups in total. The molecule has 54 heavy (non-hydrogen) atoms. The molecule has 14 heteroatoms. The van der Waals surface area contributed by atoms with E-state index in [9.17, 15) is 19.2 Å². The Labute approximate surface area is 358 Å². The minimum Gasteiger partial charge on any atom is -0.793 e. The summed E-state index contributed by atoms with van der Waals surface area (Å²) >= 11 is 6.74. The summed E-state index contributed by atoms with van der Waals surface area (Å²) in [6.45, 7) is 5.03. The first kappa shape index (κ1) is 50.4. The van der Waals surface area contributed by atoms with Gasteiger partial charge in [-0.3, -0.25) is 19.2 Å². The molecule has 1 saturated carbocycles. The number of benzene rings is 4. The van der Waals surface area contributed by atoms with Gasteiger partial charge < -0.3 is 38.4 Å². The van der Waals surface area contributed by atoms with Crippen molar-refractivity contribution in [3.63, 3.8) is 0 Å². The SMILES string of the molecule is CC(=O)O.CCOC(=O)C(CC=O)c1ccc(Br)cc1.NCc1ccccc1.O=C1C(Nc2ccccc2)CCC1c1ccc(Br)cc1.[B-]OC(C)=O.[Na+].